The molecule has 6 heteroatoms. The molecule has 4 rings (SSSR count). The number of nitrogens with zero attached hydrogens (tertiary/aromatic N) is 1. The van der Waals surface area contributed by atoms with E-state index in [1.807, 2.05) is 30.3 Å². The van der Waals surface area contributed by atoms with E-state index in [4.69, 9.17) is 0 Å². The molecule has 136 valence electrons. The van der Waals surface area contributed by atoms with Crippen LogP contribution in [-0.4, -0.2) is 37.0 Å². The summed E-state index contributed by atoms with van der Waals surface area (Å²) in [5.41, 5.74) is 0.598. The highest BCUT2D eigenvalue weighted by atomic mass is 32.2. The van der Waals surface area contributed by atoms with Crippen molar-refractivity contribution in [1.82, 2.24) is 4.31 Å². The third-order valence-corrected chi connectivity index (χ3v) is 8.44. The average Bonchev–Trinajstić information content (AvgIpc) is 3.40. The molecule has 25 heavy (non-hydrogen) atoms. The van der Waals surface area contributed by atoms with E-state index in [0.29, 0.717) is 13.1 Å². The molecule has 1 aromatic carbocycles. The Bertz CT molecular complexity index is 737. The Hall–Kier alpha value is -1.40. The standard InChI is InChI=1S/C19H26N2O3S/c22-18(20-15-7-3-1-4-8-15)17-13-21(25(23,24)16-9-10-16)14-19(17)11-5-2-6-12-19/h1,3-4,7-8,16-17H,2,5-6,9-14H2,(H,20,22). The largest absolute Gasteiger partial charge is 0.326 e. The smallest absolute Gasteiger partial charge is 0.229 e. The fourth-order valence-corrected chi connectivity index (χ4v) is 6.52. The molecule has 1 heterocycles. The monoisotopic (exact) mass is 362 g/mol. The second-order valence-electron chi connectivity index (χ2n) is 7.87. The van der Waals surface area contributed by atoms with Gasteiger partial charge in [0.1, 0.15) is 0 Å². The van der Waals surface area contributed by atoms with E-state index in [-0.39, 0.29) is 22.5 Å². The zero-order chi connectivity index (χ0) is 17.5. The summed E-state index contributed by atoms with van der Waals surface area (Å²) in [6.45, 7) is 0.871. The van der Waals surface area contributed by atoms with E-state index in [1.165, 1.54) is 6.42 Å². The second kappa shape index (κ2) is 6.40. The van der Waals surface area contributed by atoms with Crippen LogP contribution in [0.2, 0.25) is 0 Å². The van der Waals surface area contributed by atoms with Crippen LogP contribution in [0.1, 0.15) is 44.9 Å². The van der Waals surface area contributed by atoms with Gasteiger partial charge in [-0.1, -0.05) is 37.5 Å². The molecular weight excluding hydrogens is 336 g/mol. The second-order valence-corrected chi connectivity index (χ2v) is 10.1. The van der Waals surface area contributed by atoms with Crippen molar-refractivity contribution in [3.63, 3.8) is 0 Å². The first-order valence-corrected chi connectivity index (χ1v) is 10.9. The van der Waals surface area contributed by atoms with E-state index in [9.17, 15) is 13.2 Å². The van der Waals surface area contributed by atoms with Crippen LogP contribution in [0.5, 0.6) is 0 Å². The number of sulfonamides is 1. The lowest BCUT2D eigenvalue weighted by atomic mass is 9.67. The van der Waals surface area contributed by atoms with Crippen LogP contribution in [-0.2, 0) is 14.8 Å². The first-order chi connectivity index (χ1) is 12.0. The maximum Gasteiger partial charge on any atom is 0.229 e. The summed E-state index contributed by atoms with van der Waals surface area (Å²) in [5.74, 6) is -0.275. The topological polar surface area (TPSA) is 66.5 Å². The highest BCUT2D eigenvalue weighted by Crippen LogP contribution is 2.49. The quantitative estimate of drug-likeness (QED) is 0.895. The maximum absolute atomic E-state index is 13.0. The minimum absolute atomic E-state index is 0.0263. The molecular formula is C19H26N2O3S. The van der Waals surface area contributed by atoms with Gasteiger partial charge in [-0.05, 0) is 43.2 Å². The van der Waals surface area contributed by atoms with E-state index < -0.39 is 10.0 Å². The number of amides is 1. The Morgan fingerprint density at radius 2 is 1.76 bits per heavy atom. The van der Waals surface area contributed by atoms with E-state index in [2.05, 4.69) is 5.32 Å². The van der Waals surface area contributed by atoms with Crippen LogP contribution >= 0.6 is 0 Å². The molecule has 1 amide bonds. The lowest BCUT2D eigenvalue weighted by molar-refractivity contribution is -0.123. The van der Waals surface area contributed by atoms with Gasteiger partial charge in [0.15, 0.2) is 0 Å². The number of para-hydroxylation sites is 1. The summed E-state index contributed by atoms with van der Waals surface area (Å²) in [6.07, 6.45) is 6.82. The Kier molecular flexibility index (Phi) is 4.36. The fraction of sp³-hybridized carbons (Fsp3) is 0.632. The predicted octanol–water partition coefficient (Wildman–Crippen LogP) is 3.00. The van der Waals surface area contributed by atoms with E-state index in [0.717, 1.165) is 44.2 Å². The van der Waals surface area contributed by atoms with Crippen LogP contribution in [0.4, 0.5) is 5.69 Å². The van der Waals surface area contributed by atoms with Crippen molar-refractivity contribution < 1.29 is 13.2 Å². The zero-order valence-corrected chi connectivity index (χ0v) is 15.3. The summed E-state index contributed by atoms with van der Waals surface area (Å²) < 4.78 is 27.1. The number of carbonyl (C=O) groups is 1. The van der Waals surface area contributed by atoms with E-state index >= 15 is 0 Å². The third kappa shape index (κ3) is 3.22. The van der Waals surface area contributed by atoms with Crippen molar-refractivity contribution in [2.24, 2.45) is 11.3 Å². The van der Waals surface area contributed by atoms with Crippen molar-refractivity contribution in [3.8, 4) is 0 Å². The molecule has 3 aliphatic rings. The van der Waals surface area contributed by atoms with Gasteiger partial charge in [0.05, 0.1) is 11.2 Å². The number of hydrogen-bond acceptors (Lipinski definition) is 3. The van der Waals surface area contributed by atoms with Crippen LogP contribution < -0.4 is 5.32 Å². The van der Waals surface area contributed by atoms with Gasteiger partial charge in [0.2, 0.25) is 15.9 Å². The van der Waals surface area contributed by atoms with Gasteiger partial charge in [-0.2, -0.15) is 0 Å². The maximum atomic E-state index is 13.0. The minimum Gasteiger partial charge on any atom is -0.326 e. The molecule has 0 radical (unpaired) electrons. The molecule has 0 bridgehead atoms. The Morgan fingerprint density at radius 1 is 1.08 bits per heavy atom. The summed E-state index contributed by atoms with van der Waals surface area (Å²) in [4.78, 5) is 13.0. The molecule has 1 aliphatic heterocycles. The number of carbonyl (C=O) groups excluding carboxylic acids is 1. The Balaban J connectivity index is 1.58. The lowest BCUT2D eigenvalue weighted by Crippen LogP contribution is -2.39. The van der Waals surface area contributed by atoms with Crippen molar-refractivity contribution >= 4 is 21.6 Å². The molecule has 1 atom stereocenters. The molecule has 2 aliphatic carbocycles. The van der Waals surface area contributed by atoms with Crippen molar-refractivity contribution in [1.29, 1.82) is 0 Å². The molecule has 1 spiro atoms. The lowest BCUT2D eigenvalue weighted by Gasteiger charge is -2.37. The van der Waals surface area contributed by atoms with Crippen LogP contribution in [0.25, 0.3) is 0 Å². The minimum atomic E-state index is -3.23. The molecule has 5 nitrogen and oxygen atoms in total. The highest BCUT2D eigenvalue weighted by Gasteiger charge is 2.55. The normalized spacial score (nSPS) is 26.6. The number of benzene rings is 1. The molecule has 1 aromatic rings. The van der Waals surface area contributed by atoms with Gasteiger partial charge in [-0.3, -0.25) is 4.79 Å². The van der Waals surface area contributed by atoms with Crippen molar-refractivity contribution in [3.05, 3.63) is 30.3 Å². The van der Waals surface area contributed by atoms with Crippen molar-refractivity contribution in [2.45, 2.75) is 50.2 Å². The molecule has 2 saturated carbocycles. The van der Waals surface area contributed by atoms with Gasteiger partial charge in [0.25, 0.3) is 0 Å². The van der Waals surface area contributed by atoms with Crippen LogP contribution in [0.15, 0.2) is 30.3 Å². The summed E-state index contributed by atoms with van der Waals surface area (Å²) in [5, 5.41) is 2.81. The first kappa shape index (κ1) is 17.0. The van der Waals surface area contributed by atoms with E-state index in [1.54, 1.807) is 4.31 Å². The molecule has 3 fully saturated rings. The SMILES string of the molecule is O=C(Nc1ccccc1)C1CN(S(=O)(=O)C2CC2)CC12CCCCC2. The predicted molar refractivity (Wildman–Crippen MR) is 97.6 cm³/mol. The number of nitrogens with one attached hydrogen (secondary N) is 1. The third-order valence-electron chi connectivity index (χ3n) is 6.13. The van der Waals surface area contributed by atoms with Crippen molar-refractivity contribution in [2.75, 3.05) is 18.4 Å². The van der Waals surface area contributed by atoms with Gasteiger partial charge >= 0.3 is 0 Å². The number of anilines is 1. The molecule has 1 saturated heterocycles. The molecule has 1 N–H and O–H groups in total. The Morgan fingerprint density at radius 3 is 2.40 bits per heavy atom. The van der Waals surface area contributed by atoms with Crippen LogP contribution in [0.3, 0.4) is 0 Å². The average molecular weight is 362 g/mol. The van der Waals surface area contributed by atoms with Gasteiger partial charge in [0, 0.05) is 18.8 Å². The molecule has 0 aromatic heterocycles. The molecule has 1 unspecified atom stereocenters. The van der Waals surface area contributed by atoms with Gasteiger partial charge < -0.3 is 5.32 Å². The summed E-state index contributed by atoms with van der Waals surface area (Å²) >= 11 is 0. The zero-order valence-electron chi connectivity index (χ0n) is 14.5. The van der Waals surface area contributed by atoms with Gasteiger partial charge in [-0.15, -0.1) is 0 Å². The number of rotatable bonds is 4. The summed E-state index contributed by atoms with van der Waals surface area (Å²) in [6, 6.07) is 9.45. The fourth-order valence-electron chi connectivity index (χ4n) is 4.57. The highest BCUT2D eigenvalue weighted by molar-refractivity contribution is 7.90. The first-order valence-electron chi connectivity index (χ1n) is 9.36. The van der Waals surface area contributed by atoms with Crippen LogP contribution in [0, 0.1) is 11.3 Å². The Labute approximate surface area is 149 Å². The summed E-state index contributed by atoms with van der Waals surface area (Å²) in [7, 11) is -3.23. The number of hydrogen-bond donors (Lipinski definition) is 1. The van der Waals surface area contributed by atoms with Gasteiger partial charge in [-0.25, -0.2) is 12.7 Å².